The second-order valence-corrected chi connectivity index (χ2v) is 3.79. The lowest BCUT2D eigenvalue weighted by molar-refractivity contribution is 0.261. The predicted molar refractivity (Wildman–Crippen MR) is 59.8 cm³/mol. The highest BCUT2D eigenvalue weighted by Gasteiger charge is 2.24. The first-order chi connectivity index (χ1) is 7.74. The molecule has 1 atom stereocenters. The molecule has 0 amide bonds. The molecule has 5 heteroatoms. The van der Waals surface area contributed by atoms with Crippen molar-refractivity contribution in [2.75, 3.05) is 27.4 Å². The lowest BCUT2D eigenvalue weighted by Gasteiger charge is -2.12. The van der Waals surface area contributed by atoms with Crippen LogP contribution in [0.3, 0.4) is 0 Å². The van der Waals surface area contributed by atoms with Crippen molar-refractivity contribution in [2.45, 2.75) is 6.10 Å². The summed E-state index contributed by atoms with van der Waals surface area (Å²) < 4.78 is 20.8. The summed E-state index contributed by atoms with van der Waals surface area (Å²) in [5.74, 6) is 1.73. The van der Waals surface area contributed by atoms with Crippen LogP contribution < -0.4 is 14.2 Å². The fourth-order valence-corrected chi connectivity index (χ4v) is 1.51. The van der Waals surface area contributed by atoms with Gasteiger partial charge in [0.1, 0.15) is 35.0 Å². The van der Waals surface area contributed by atoms with Gasteiger partial charge in [-0.3, -0.25) is 0 Å². The summed E-state index contributed by atoms with van der Waals surface area (Å²) in [7, 11) is 3.13. The summed E-state index contributed by atoms with van der Waals surface area (Å²) in [6.07, 6.45) is 0.188. The highest BCUT2D eigenvalue weighted by atomic mass is 35.5. The fourth-order valence-electron chi connectivity index (χ4n) is 1.27. The highest BCUT2D eigenvalue weighted by molar-refractivity contribution is 6.33. The van der Waals surface area contributed by atoms with Crippen molar-refractivity contribution in [3.63, 3.8) is 0 Å². The maximum absolute atomic E-state index is 6.10. The van der Waals surface area contributed by atoms with Gasteiger partial charge in [0, 0.05) is 12.1 Å². The van der Waals surface area contributed by atoms with Crippen LogP contribution in [0.5, 0.6) is 17.2 Å². The molecule has 0 N–H and O–H groups in total. The number of hydrogen-bond acceptors (Lipinski definition) is 4. The van der Waals surface area contributed by atoms with Crippen LogP contribution in [0.4, 0.5) is 0 Å². The van der Waals surface area contributed by atoms with E-state index >= 15 is 0 Å². The average Bonchev–Trinajstić information content (AvgIpc) is 3.11. The number of methoxy groups -OCH3 is 2. The van der Waals surface area contributed by atoms with Gasteiger partial charge in [-0.25, -0.2) is 0 Å². The maximum atomic E-state index is 6.10. The average molecular weight is 245 g/mol. The molecule has 1 unspecified atom stereocenters. The maximum Gasteiger partial charge on any atom is 0.145 e. The lowest BCUT2D eigenvalue weighted by atomic mass is 10.3. The van der Waals surface area contributed by atoms with Crippen molar-refractivity contribution >= 4 is 11.6 Å². The molecule has 1 aliphatic rings. The van der Waals surface area contributed by atoms with Gasteiger partial charge < -0.3 is 18.9 Å². The Labute approximate surface area is 99.0 Å². The van der Waals surface area contributed by atoms with Crippen LogP contribution in [-0.2, 0) is 4.74 Å². The second kappa shape index (κ2) is 4.80. The molecule has 1 saturated heterocycles. The SMILES string of the molecule is COc1cc(OC)c(Cl)c(OCC2CO2)c1. The molecule has 4 nitrogen and oxygen atoms in total. The Hall–Kier alpha value is -1.13. The third kappa shape index (κ3) is 2.51. The summed E-state index contributed by atoms with van der Waals surface area (Å²) in [5, 5.41) is 0.448. The summed E-state index contributed by atoms with van der Waals surface area (Å²) in [6.45, 7) is 1.24. The second-order valence-electron chi connectivity index (χ2n) is 3.41. The first-order valence-corrected chi connectivity index (χ1v) is 5.28. The van der Waals surface area contributed by atoms with E-state index in [1.807, 2.05) is 0 Å². The van der Waals surface area contributed by atoms with E-state index in [-0.39, 0.29) is 6.10 Å². The van der Waals surface area contributed by atoms with Crippen LogP contribution in [0.1, 0.15) is 0 Å². The molecule has 2 rings (SSSR count). The van der Waals surface area contributed by atoms with E-state index in [0.717, 1.165) is 6.61 Å². The monoisotopic (exact) mass is 244 g/mol. The van der Waals surface area contributed by atoms with Crippen molar-refractivity contribution in [1.29, 1.82) is 0 Å². The molecule has 0 aromatic heterocycles. The van der Waals surface area contributed by atoms with E-state index in [0.29, 0.717) is 28.9 Å². The minimum absolute atomic E-state index is 0.188. The van der Waals surface area contributed by atoms with E-state index < -0.39 is 0 Å². The van der Waals surface area contributed by atoms with Gasteiger partial charge >= 0.3 is 0 Å². The summed E-state index contributed by atoms with van der Waals surface area (Å²) in [6, 6.07) is 3.44. The molecule has 0 aliphatic carbocycles. The van der Waals surface area contributed by atoms with Crippen molar-refractivity contribution in [2.24, 2.45) is 0 Å². The van der Waals surface area contributed by atoms with Gasteiger partial charge in [-0.2, -0.15) is 0 Å². The van der Waals surface area contributed by atoms with Gasteiger partial charge in [-0.15, -0.1) is 0 Å². The molecule has 0 bridgehead atoms. The number of ether oxygens (including phenoxy) is 4. The van der Waals surface area contributed by atoms with Crippen LogP contribution in [0.25, 0.3) is 0 Å². The van der Waals surface area contributed by atoms with Crippen LogP contribution in [0.15, 0.2) is 12.1 Å². The minimum atomic E-state index is 0.188. The van der Waals surface area contributed by atoms with E-state index in [1.54, 1.807) is 26.4 Å². The molecule has 0 spiro atoms. The fraction of sp³-hybridized carbons (Fsp3) is 0.455. The smallest absolute Gasteiger partial charge is 0.145 e. The molecule has 88 valence electrons. The van der Waals surface area contributed by atoms with Crippen LogP contribution in [0.2, 0.25) is 5.02 Å². The third-order valence-electron chi connectivity index (χ3n) is 2.26. The molecule has 0 saturated carbocycles. The van der Waals surface area contributed by atoms with Crippen molar-refractivity contribution < 1.29 is 18.9 Å². The number of hydrogen-bond donors (Lipinski definition) is 0. The Kier molecular flexibility index (Phi) is 3.41. The first kappa shape index (κ1) is 11.4. The first-order valence-electron chi connectivity index (χ1n) is 4.90. The van der Waals surface area contributed by atoms with Crippen molar-refractivity contribution in [1.82, 2.24) is 0 Å². The number of benzene rings is 1. The Morgan fingerprint density at radius 3 is 2.56 bits per heavy atom. The van der Waals surface area contributed by atoms with Crippen molar-refractivity contribution in [3.8, 4) is 17.2 Å². The van der Waals surface area contributed by atoms with E-state index in [4.69, 9.17) is 30.5 Å². The van der Waals surface area contributed by atoms with Crippen LogP contribution in [-0.4, -0.2) is 33.5 Å². The van der Waals surface area contributed by atoms with E-state index in [1.165, 1.54) is 0 Å². The molecule has 1 heterocycles. The highest BCUT2D eigenvalue weighted by Crippen LogP contribution is 2.38. The standard InChI is InChI=1S/C11H13ClO4/c1-13-7-3-9(14-2)11(12)10(4-7)16-6-8-5-15-8/h3-4,8H,5-6H2,1-2H3. The normalized spacial score (nSPS) is 18.1. The number of epoxide rings is 1. The summed E-state index contributed by atoms with van der Waals surface area (Å²) in [4.78, 5) is 0. The van der Waals surface area contributed by atoms with Gasteiger partial charge in [0.15, 0.2) is 0 Å². The number of rotatable bonds is 5. The molecule has 1 fully saturated rings. The zero-order valence-corrected chi connectivity index (χ0v) is 9.91. The van der Waals surface area contributed by atoms with Gasteiger partial charge in [-0.05, 0) is 0 Å². The van der Waals surface area contributed by atoms with Crippen molar-refractivity contribution in [3.05, 3.63) is 17.2 Å². The Bertz CT molecular complexity index is 376. The topological polar surface area (TPSA) is 40.2 Å². The molecule has 1 aromatic rings. The largest absolute Gasteiger partial charge is 0.496 e. The molecular weight excluding hydrogens is 232 g/mol. The van der Waals surface area contributed by atoms with Gasteiger partial charge in [-0.1, -0.05) is 11.6 Å². The zero-order valence-electron chi connectivity index (χ0n) is 9.16. The van der Waals surface area contributed by atoms with Gasteiger partial charge in [0.2, 0.25) is 0 Å². The predicted octanol–water partition coefficient (Wildman–Crippen LogP) is 2.13. The summed E-state index contributed by atoms with van der Waals surface area (Å²) >= 11 is 6.10. The zero-order chi connectivity index (χ0) is 11.5. The third-order valence-corrected chi connectivity index (χ3v) is 2.63. The van der Waals surface area contributed by atoms with Gasteiger partial charge in [0.05, 0.1) is 20.8 Å². The molecule has 16 heavy (non-hydrogen) atoms. The quantitative estimate of drug-likeness (QED) is 0.744. The van der Waals surface area contributed by atoms with Gasteiger partial charge in [0.25, 0.3) is 0 Å². The minimum Gasteiger partial charge on any atom is -0.496 e. The Morgan fingerprint density at radius 2 is 2.00 bits per heavy atom. The molecule has 1 aromatic carbocycles. The Balaban J connectivity index is 2.18. The molecule has 1 aliphatic heterocycles. The lowest BCUT2D eigenvalue weighted by Crippen LogP contribution is -2.05. The summed E-state index contributed by atoms with van der Waals surface area (Å²) in [5.41, 5.74) is 0. The van der Waals surface area contributed by atoms with E-state index in [2.05, 4.69) is 0 Å². The molecular formula is C11H13ClO4. The molecule has 0 radical (unpaired) electrons. The number of halogens is 1. The van der Waals surface area contributed by atoms with E-state index in [9.17, 15) is 0 Å². The Morgan fingerprint density at radius 1 is 1.31 bits per heavy atom. The van der Waals surface area contributed by atoms with Crippen LogP contribution in [0, 0.1) is 0 Å². The van der Waals surface area contributed by atoms with Crippen LogP contribution >= 0.6 is 11.6 Å².